The van der Waals surface area contributed by atoms with E-state index in [1.807, 2.05) is 0 Å². The van der Waals surface area contributed by atoms with Crippen molar-refractivity contribution in [3.8, 4) is 5.75 Å². The molecule has 2 rings (SSSR count). The van der Waals surface area contributed by atoms with Gasteiger partial charge in [-0.25, -0.2) is 0 Å². The van der Waals surface area contributed by atoms with Gasteiger partial charge < -0.3 is 4.74 Å². The first-order chi connectivity index (χ1) is 14.8. The van der Waals surface area contributed by atoms with Crippen molar-refractivity contribution in [2.24, 2.45) is 0 Å². The lowest BCUT2D eigenvalue weighted by molar-refractivity contribution is 0.304. The van der Waals surface area contributed by atoms with E-state index in [0.717, 1.165) is 38.0 Å². The number of nitrogens with zero attached hydrogens (tertiary/aromatic N) is 1. The minimum Gasteiger partial charge on any atom is -0.494 e. The van der Waals surface area contributed by atoms with Gasteiger partial charge in [0.05, 0.1) is 6.61 Å². The van der Waals surface area contributed by atoms with E-state index in [9.17, 15) is 0 Å². The summed E-state index contributed by atoms with van der Waals surface area (Å²) in [4.78, 5) is 4.68. The summed E-state index contributed by atoms with van der Waals surface area (Å²) in [7, 11) is 0. The fourth-order valence-electron chi connectivity index (χ4n) is 3.78. The lowest BCUT2D eigenvalue weighted by Crippen LogP contribution is -1.98. The van der Waals surface area contributed by atoms with Crippen molar-refractivity contribution in [1.82, 2.24) is 4.98 Å². The van der Waals surface area contributed by atoms with Gasteiger partial charge in [0.1, 0.15) is 5.75 Å². The fourth-order valence-corrected chi connectivity index (χ4v) is 3.78. The summed E-state index contributed by atoms with van der Waals surface area (Å²) >= 11 is 0. The van der Waals surface area contributed by atoms with Crippen LogP contribution in [0.2, 0.25) is 0 Å². The quantitative estimate of drug-likeness (QED) is 0.246. The van der Waals surface area contributed by atoms with Crippen molar-refractivity contribution < 1.29 is 4.74 Å². The Bertz CT molecular complexity index is 647. The minimum atomic E-state index is 0.834. The van der Waals surface area contributed by atoms with E-state index >= 15 is 0 Å². The highest BCUT2D eigenvalue weighted by Crippen LogP contribution is 2.15. The van der Waals surface area contributed by atoms with E-state index in [1.165, 1.54) is 81.0 Å². The second-order valence-corrected chi connectivity index (χ2v) is 8.58. The summed E-state index contributed by atoms with van der Waals surface area (Å²) in [5, 5.41) is 0. The van der Waals surface area contributed by atoms with Crippen LogP contribution in [0.5, 0.6) is 5.75 Å². The zero-order valence-electron chi connectivity index (χ0n) is 19.5. The van der Waals surface area contributed by atoms with E-state index in [-0.39, 0.29) is 0 Å². The number of aryl methyl sites for hydroxylation is 3. The Labute approximate surface area is 185 Å². The standard InChI is InChI=1S/C28H43NO/c1-3-5-7-9-11-13-23-30-28-21-17-25(18-22-28)15-19-27-20-16-26(24-29-27)14-12-10-8-6-4-2/h16-18,20-22,24H,3-15,19,23H2,1-2H3. The van der Waals surface area contributed by atoms with Crippen LogP contribution in [-0.2, 0) is 19.3 Å². The van der Waals surface area contributed by atoms with Crippen LogP contribution in [0.4, 0.5) is 0 Å². The SMILES string of the molecule is CCCCCCCCOc1ccc(CCc2ccc(CCCCCCC)cn2)cc1. The molecule has 0 unspecified atom stereocenters. The average Bonchev–Trinajstić information content (AvgIpc) is 2.78. The number of unbranched alkanes of at least 4 members (excludes halogenated alkanes) is 9. The van der Waals surface area contributed by atoms with Gasteiger partial charge in [-0.05, 0) is 61.4 Å². The van der Waals surface area contributed by atoms with Crippen molar-refractivity contribution in [1.29, 1.82) is 0 Å². The molecule has 0 aliphatic heterocycles. The molecule has 0 atom stereocenters. The normalized spacial score (nSPS) is 11.0. The first-order valence-electron chi connectivity index (χ1n) is 12.5. The Morgan fingerprint density at radius 2 is 1.23 bits per heavy atom. The highest BCUT2D eigenvalue weighted by Gasteiger charge is 2.01. The Kier molecular flexibility index (Phi) is 13.0. The minimum absolute atomic E-state index is 0.834. The molecule has 0 aliphatic rings. The Morgan fingerprint density at radius 3 is 1.90 bits per heavy atom. The molecule has 2 aromatic rings. The van der Waals surface area contributed by atoms with Crippen molar-refractivity contribution in [3.63, 3.8) is 0 Å². The lowest BCUT2D eigenvalue weighted by Gasteiger charge is -2.08. The second kappa shape index (κ2) is 15.9. The van der Waals surface area contributed by atoms with Gasteiger partial charge in [-0.1, -0.05) is 89.8 Å². The number of rotatable bonds is 17. The third-order valence-electron chi connectivity index (χ3n) is 5.81. The van der Waals surface area contributed by atoms with E-state index in [1.54, 1.807) is 0 Å². The van der Waals surface area contributed by atoms with E-state index in [2.05, 4.69) is 61.4 Å². The number of aromatic nitrogens is 1. The first-order valence-corrected chi connectivity index (χ1v) is 12.5. The van der Waals surface area contributed by atoms with Gasteiger partial charge in [-0.2, -0.15) is 0 Å². The number of benzene rings is 1. The van der Waals surface area contributed by atoms with Crippen LogP contribution in [0.25, 0.3) is 0 Å². The van der Waals surface area contributed by atoms with E-state index in [0.29, 0.717) is 0 Å². The van der Waals surface area contributed by atoms with Gasteiger partial charge in [0.15, 0.2) is 0 Å². The van der Waals surface area contributed by atoms with Gasteiger partial charge >= 0.3 is 0 Å². The predicted octanol–water partition coefficient (Wildman–Crippen LogP) is 8.12. The van der Waals surface area contributed by atoms with Crippen LogP contribution < -0.4 is 4.74 Å². The molecule has 0 aliphatic carbocycles. The summed E-state index contributed by atoms with van der Waals surface area (Å²) < 4.78 is 5.88. The van der Waals surface area contributed by atoms with Crippen LogP contribution in [0, 0.1) is 0 Å². The number of hydrogen-bond donors (Lipinski definition) is 0. The monoisotopic (exact) mass is 409 g/mol. The molecule has 1 heterocycles. The van der Waals surface area contributed by atoms with Crippen molar-refractivity contribution >= 4 is 0 Å². The number of ether oxygens (including phenoxy) is 1. The van der Waals surface area contributed by atoms with Crippen LogP contribution in [0.3, 0.4) is 0 Å². The fraction of sp³-hybridized carbons (Fsp3) is 0.607. The molecule has 0 fully saturated rings. The largest absolute Gasteiger partial charge is 0.494 e. The highest BCUT2D eigenvalue weighted by atomic mass is 16.5. The molecule has 0 amide bonds. The summed E-state index contributed by atoms with van der Waals surface area (Å²) in [6, 6.07) is 13.1. The maximum atomic E-state index is 5.88. The second-order valence-electron chi connectivity index (χ2n) is 8.58. The van der Waals surface area contributed by atoms with Crippen molar-refractivity contribution in [2.75, 3.05) is 6.61 Å². The summed E-state index contributed by atoms with van der Waals surface area (Å²) in [6.45, 7) is 5.36. The summed E-state index contributed by atoms with van der Waals surface area (Å²) in [6.07, 6.45) is 19.7. The van der Waals surface area contributed by atoms with Gasteiger partial charge in [0, 0.05) is 11.9 Å². The summed E-state index contributed by atoms with van der Waals surface area (Å²) in [5.41, 5.74) is 3.92. The zero-order chi connectivity index (χ0) is 21.3. The van der Waals surface area contributed by atoms with Crippen LogP contribution >= 0.6 is 0 Å². The van der Waals surface area contributed by atoms with Gasteiger partial charge in [-0.3, -0.25) is 4.98 Å². The van der Waals surface area contributed by atoms with Gasteiger partial charge in [-0.15, -0.1) is 0 Å². The average molecular weight is 410 g/mol. The first kappa shape index (κ1) is 24.4. The zero-order valence-corrected chi connectivity index (χ0v) is 19.5. The Hall–Kier alpha value is -1.83. The number of pyridine rings is 1. The van der Waals surface area contributed by atoms with Crippen molar-refractivity contribution in [2.45, 2.75) is 104 Å². The maximum Gasteiger partial charge on any atom is 0.119 e. The topological polar surface area (TPSA) is 22.1 Å². The molecule has 2 nitrogen and oxygen atoms in total. The highest BCUT2D eigenvalue weighted by molar-refractivity contribution is 5.28. The molecule has 2 heteroatoms. The molecule has 30 heavy (non-hydrogen) atoms. The molecule has 0 saturated carbocycles. The van der Waals surface area contributed by atoms with Crippen LogP contribution in [-0.4, -0.2) is 11.6 Å². The molecule has 0 saturated heterocycles. The molecule has 0 radical (unpaired) electrons. The predicted molar refractivity (Wildman–Crippen MR) is 129 cm³/mol. The molecular weight excluding hydrogens is 366 g/mol. The van der Waals surface area contributed by atoms with Crippen LogP contribution in [0.15, 0.2) is 42.6 Å². The molecule has 0 bridgehead atoms. The molecule has 1 aromatic carbocycles. The molecule has 0 N–H and O–H groups in total. The summed E-state index contributed by atoms with van der Waals surface area (Å²) in [5.74, 6) is 0.994. The van der Waals surface area contributed by atoms with E-state index in [4.69, 9.17) is 4.74 Å². The molecule has 166 valence electrons. The Balaban J connectivity index is 1.61. The smallest absolute Gasteiger partial charge is 0.119 e. The van der Waals surface area contributed by atoms with Gasteiger partial charge in [0.25, 0.3) is 0 Å². The third kappa shape index (κ3) is 10.8. The number of hydrogen-bond acceptors (Lipinski definition) is 2. The molecular formula is C28H43NO. The van der Waals surface area contributed by atoms with Crippen LogP contribution in [0.1, 0.15) is 101 Å². The molecule has 1 aromatic heterocycles. The lowest BCUT2D eigenvalue weighted by atomic mass is 10.0. The molecule has 0 spiro atoms. The maximum absolute atomic E-state index is 5.88. The van der Waals surface area contributed by atoms with Gasteiger partial charge in [0.2, 0.25) is 0 Å². The third-order valence-corrected chi connectivity index (χ3v) is 5.81. The van der Waals surface area contributed by atoms with Crippen molar-refractivity contribution in [3.05, 3.63) is 59.4 Å². The van der Waals surface area contributed by atoms with E-state index < -0.39 is 0 Å². The Morgan fingerprint density at radius 1 is 0.600 bits per heavy atom.